The fourth-order valence-electron chi connectivity index (χ4n) is 2.86. The van der Waals surface area contributed by atoms with Gasteiger partial charge in [-0.3, -0.25) is 0 Å². The van der Waals surface area contributed by atoms with E-state index < -0.39 is 0 Å². The topological polar surface area (TPSA) is 30.9 Å². The molecule has 0 bridgehead atoms. The molecule has 0 aliphatic carbocycles. The van der Waals surface area contributed by atoms with E-state index in [4.69, 9.17) is 5.73 Å². The second kappa shape index (κ2) is 3.98. The molecule has 98 valence electrons. The number of aromatic nitrogens is 1. The Morgan fingerprint density at radius 1 is 1.11 bits per heavy atom. The first-order valence-electron chi connectivity index (χ1n) is 6.49. The van der Waals surface area contributed by atoms with Gasteiger partial charge in [-0.15, -0.1) is 0 Å². The SMILES string of the molecule is Cc1c(N)ccc2c1c1cc(F)ccc1n2C(C)C. The van der Waals surface area contributed by atoms with Crippen molar-refractivity contribution < 1.29 is 4.39 Å². The average molecular weight is 256 g/mol. The first kappa shape index (κ1) is 12.0. The summed E-state index contributed by atoms with van der Waals surface area (Å²) in [6.45, 7) is 6.26. The maximum Gasteiger partial charge on any atom is 0.123 e. The maximum absolute atomic E-state index is 13.6. The van der Waals surface area contributed by atoms with Gasteiger partial charge >= 0.3 is 0 Å². The van der Waals surface area contributed by atoms with Gasteiger partial charge in [0.05, 0.1) is 0 Å². The van der Waals surface area contributed by atoms with Crippen molar-refractivity contribution in [3.8, 4) is 0 Å². The highest BCUT2D eigenvalue weighted by molar-refractivity contribution is 6.11. The van der Waals surface area contributed by atoms with Crippen molar-refractivity contribution in [1.29, 1.82) is 0 Å². The number of aryl methyl sites for hydroxylation is 1. The molecule has 0 unspecified atom stereocenters. The zero-order valence-electron chi connectivity index (χ0n) is 11.4. The van der Waals surface area contributed by atoms with Gasteiger partial charge in [-0.2, -0.15) is 0 Å². The zero-order chi connectivity index (χ0) is 13.7. The van der Waals surface area contributed by atoms with Crippen molar-refractivity contribution in [2.45, 2.75) is 26.8 Å². The number of nitrogens with two attached hydrogens (primary N) is 1. The summed E-state index contributed by atoms with van der Waals surface area (Å²) >= 11 is 0. The van der Waals surface area contributed by atoms with Crippen LogP contribution >= 0.6 is 0 Å². The fraction of sp³-hybridized carbons (Fsp3) is 0.250. The van der Waals surface area contributed by atoms with Crippen LogP contribution in [0.2, 0.25) is 0 Å². The summed E-state index contributed by atoms with van der Waals surface area (Å²) < 4.78 is 15.8. The van der Waals surface area contributed by atoms with Crippen LogP contribution < -0.4 is 5.73 Å². The van der Waals surface area contributed by atoms with E-state index in [0.29, 0.717) is 6.04 Å². The smallest absolute Gasteiger partial charge is 0.123 e. The van der Waals surface area contributed by atoms with Crippen molar-refractivity contribution >= 4 is 27.5 Å². The van der Waals surface area contributed by atoms with Gasteiger partial charge in [0.1, 0.15) is 5.82 Å². The van der Waals surface area contributed by atoms with Gasteiger partial charge in [-0.05, 0) is 56.7 Å². The molecule has 2 nitrogen and oxygen atoms in total. The summed E-state index contributed by atoms with van der Waals surface area (Å²) in [5.41, 5.74) is 9.94. The number of halogens is 1. The van der Waals surface area contributed by atoms with Crippen molar-refractivity contribution in [2.75, 3.05) is 5.73 Å². The minimum absolute atomic E-state index is 0.211. The molecule has 3 aromatic rings. The van der Waals surface area contributed by atoms with Crippen molar-refractivity contribution in [3.05, 3.63) is 41.7 Å². The molecule has 0 fully saturated rings. The van der Waals surface area contributed by atoms with Crippen molar-refractivity contribution in [2.24, 2.45) is 0 Å². The highest BCUT2D eigenvalue weighted by Gasteiger charge is 2.15. The minimum Gasteiger partial charge on any atom is -0.398 e. The van der Waals surface area contributed by atoms with E-state index in [1.165, 1.54) is 6.07 Å². The van der Waals surface area contributed by atoms with Gasteiger partial charge in [-0.1, -0.05) is 0 Å². The van der Waals surface area contributed by atoms with Gasteiger partial charge in [-0.25, -0.2) is 4.39 Å². The summed E-state index contributed by atoms with van der Waals surface area (Å²) in [6, 6.07) is 9.22. The van der Waals surface area contributed by atoms with E-state index in [0.717, 1.165) is 33.1 Å². The van der Waals surface area contributed by atoms with Crippen LogP contribution in [0.25, 0.3) is 21.8 Å². The number of hydrogen-bond donors (Lipinski definition) is 1. The maximum atomic E-state index is 13.6. The van der Waals surface area contributed by atoms with Gasteiger partial charge in [0, 0.05) is 33.5 Å². The first-order valence-corrected chi connectivity index (χ1v) is 6.49. The predicted molar refractivity (Wildman–Crippen MR) is 78.9 cm³/mol. The molecule has 0 saturated heterocycles. The van der Waals surface area contributed by atoms with Crippen LogP contribution in [0.4, 0.5) is 10.1 Å². The highest BCUT2D eigenvalue weighted by atomic mass is 19.1. The Morgan fingerprint density at radius 2 is 1.79 bits per heavy atom. The molecular weight excluding hydrogens is 239 g/mol. The van der Waals surface area contributed by atoms with Crippen LogP contribution in [0.3, 0.4) is 0 Å². The second-order valence-electron chi connectivity index (χ2n) is 5.30. The Bertz CT molecular complexity index is 784. The lowest BCUT2D eigenvalue weighted by molar-refractivity contribution is 0.626. The van der Waals surface area contributed by atoms with Gasteiger partial charge in [0.15, 0.2) is 0 Å². The monoisotopic (exact) mass is 256 g/mol. The lowest BCUT2D eigenvalue weighted by atomic mass is 10.1. The third-order valence-corrected chi connectivity index (χ3v) is 3.75. The summed E-state index contributed by atoms with van der Waals surface area (Å²) in [5.74, 6) is -0.211. The van der Waals surface area contributed by atoms with E-state index in [2.05, 4.69) is 18.4 Å². The van der Waals surface area contributed by atoms with E-state index in [-0.39, 0.29) is 5.82 Å². The molecule has 0 atom stereocenters. The molecule has 2 N–H and O–H groups in total. The molecule has 0 aliphatic heterocycles. The largest absolute Gasteiger partial charge is 0.398 e. The quantitative estimate of drug-likeness (QED) is 0.642. The highest BCUT2D eigenvalue weighted by Crippen LogP contribution is 2.36. The van der Waals surface area contributed by atoms with Gasteiger partial charge in [0.2, 0.25) is 0 Å². The molecule has 0 amide bonds. The minimum atomic E-state index is -0.211. The number of fused-ring (bicyclic) bond motifs is 3. The van der Waals surface area contributed by atoms with Crippen molar-refractivity contribution in [3.63, 3.8) is 0 Å². The number of nitrogens with zero attached hydrogens (tertiary/aromatic N) is 1. The molecule has 3 heteroatoms. The molecule has 0 saturated carbocycles. The Balaban J connectivity index is 2.62. The molecule has 0 radical (unpaired) electrons. The first-order chi connectivity index (χ1) is 9.00. The Labute approximate surface area is 111 Å². The normalized spacial score (nSPS) is 11.8. The van der Waals surface area contributed by atoms with Crippen LogP contribution in [0, 0.1) is 12.7 Å². The lowest BCUT2D eigenvalue weighted by Crippen LogP contribution is -2.00. The van der Waals surface area contributed by atoms with E-state index in [1.54, 1.807) is 6.07 Å². The molecular formula is C16H17FN2. The molecule has 3 rings (SSSR count). The summed E-state index contributed by atoms with van der Waals surface area (Å²) in [7, 11) is 0. The summed E-state index contributed by atoms with van der Waals surface area (Å²) in [5, 5.41) is 2.00. The third kappa shape index (κ3) is 1.61. The molecule has 0 aliphatic rings. The van der Waals surface area contributed by atoms with E-state index in [9.17, 15) is 4.39 Å². The van der Waals surface area contributed by atoms with Crippen molar-refractivity contribution in [1.82, 2.24) is 4.57 Å². The van der Waals surface area contributed by atoms with E-state index >= 15 is 0 Å². The van der Waals surface area contributed by atoms with Crippen LogP contribution in [0.15, 0.2) is 30.3 Å². The van der Waals surface area contributed by atoms with Crippen LogP contribution in [0.1, 0.15) is 25.5 Å². The number of rotatable bonds is 1. The molecule has 0 spiro atoms. The number of hydrogen-bond acceptors (Lipinski definition) is 1. The average Bonchev–Trinajstić information content (AvgIpc) is 2.68. The zero-order valence-corrected chi connectivity index (χ0v) is 11.4. The summed E-state index contributed by atoms with van der Waals surface area (Å²) in [6.07, 6.45) is 0. The summed E-state index contributed by atoms with van der Waals surface area (Å²) in [4.78, 5) is 0. The molecule has 1 aromatic heterocycles. The van der Waals surface area contributed by atoms with Crippen LogP contribution in [0.5, 0.6) is 0 Å². The molecule has 2 aromatic carbocycles. The fourth-order valence-corrected chi connectivity index (χ4v) is 2.86. The van der Waals surface area contributed by atoms with Gasteiger partial charge in [0.25, 0.3) is 0 Å². The van der Waals surface area contributed by atoms with Crippen LogP contribution in [-0.4, -0.2) is 4.57 Å². The second-order valence-corrected chi connectivity index (χ2v) is 5.30. The van der Waals surface area contributed by atoms with Gasteiger partial charge < -0.3 is 10.3 Å². The number of anilines is 1. The Morgan fingerprint density at radius 3 is 2.47 bits per heavy atom. The molecule has 1 heterocycles. The third-order valence-electron chi connectivity index (χ3n) is 3.75. The number of nitrogen functional groups attached to an aromatic ring is 1. The Kier molecular flexibility index (Phi) is 2.52. The lowest BCUT2D eigenvalue weighted by Gasteiger charge is -2.11. The molecule has 19 heavy (non-hydrogen) atoms. The number of benzene rings is 2. The predicted octanol–water partition coefficient (Wildman–Crippen LogP) is 4.41. The van der Waals surface area contributed by atoms with Crippen LogP contribution in [-0.2, 0) is 0 Å². The standard InChI is InChI=1S/C16H17FN2/c1-9(2)19-14-6-4-11(17)8-12(14)16-10(3)13(18)5-7-15(16)19/h4-9H,18H2,1-3H3. The van der Waals surface area contributed by atoms with E-state index in [1.807, 2.05) is 25.1 Å². The Hall–Kier alpha value is -2.03.